The van der Waals surface area contributed by atoms with Crippen LogP contribution >= 0.6 is 0 Å². The van der Waals surface area contributed by atoms with Crippen LogP contribution < -0.4 is 4.72 Å². The van der Waals surface area contributed by atoms with Gasteiger partial charge in [0.05, 0.1) is 5.75 Å². The lowest BCUT2D eigenvalue weighted by Crippen LogP contribution is -2.36. The van der Waals surface area contributed by atoms with Gasteiger partial charge in [0.2, 0.25) is 10.0 Å². The fourth-order valence-corrected chi connectivity index (χ4v) is 3.19. The molecule has 0 aliphatic carbocycles. The van der Waals surface area contributed by atoms with Gasteiger partial charge in [0.25, 0.3) is 0 Å². The summed E-state index contributed by atoms with van der Waals surface area (Å²) in [5.74, 6) is -2.53. The number of aliphatic hydroxyl groups is 1. The van der Waals surface area contributed by atoms with E-state index in [-0.39, 0.29) is 13.0 Å². The Balaban J connectivity index is 2.85. The third-order valence-corrected chi connectivity index (χ3v) is 4.07. The summed E-state index contributed by atoms with van der Waals surface area (Å²) < 4.78 is 52.7. The van der Waals surface area contributed by atoms with Crippen LogP contribution in [0.15, 0.2) is 18.2 Å². The highest BCUT2D eigenvalue weighted by Crippen LogP contribution is 2.15. The first-order chi connectivity index (χ1) is 8.89. The van der Waals surface area contributed by atoms with E-state index >= 15 is 0 Å². The molecule has 108 valence electrons. The van der Waals surface area contributed by atoms with Gasteiger partial charge >= 0.3 is 0 Å². The molecule has 19 heavy (non-hydrogen) atoms. The molecule has 0 saturated carbocycles. The topological polar surface area (TPSA) is 66.4 Å². The maximum absolute atomic E-state index is 13.4. The summed E-state index contributed by atoms with van der Waals surface area (Å²) >= 11 is 0. The summed E-state index contributed by atoms with van der Waals surface area (Å²) in [7, 11) is -3.85. The normalized spacial score (nSPS) is 13.5. The van der Waals surface area contributed by atoms with E-state index in [9.17, 15) is 17.2 Å². The molecule has 0 fully saturated rings. The van der Waals surface area contributed by atoms with E-state index < -0.39 is 39.0 Å². The maximum atomic E-state index is 13.4. The van der Waals surface area contributed by atoms with E-state index in [0.717, 1.165) is 12.1 Å². The lowest BCUT2D eigenvalue weighted by molar-refractivity contribution is 0.270. The van der Waals surface area contributed by atoms with Crippen LogP contribution in [0.4, 0.5) is 8.78 Å². The van der Waals surface area contributed by atoms with Gasteiger partial charge in [-0.1, -0.05) is 13.0 Å². The van der Waals surface area contributed by atoms with Crippen molar-refractivity contribution in [2.45, 2.75) is 31.6 Å². The van der Waals surface area contributed by atoms with Gasteiger partial charge in [0, 0.05) is 18.2 Å². The molecule has 0 aliphatic heterocycles. The lowest BCUT2D eigenvalue weighted by Gasteiger charge is -2.16. The van der Waals surface area contributed by atoms with Crippen LogP contribution in [0.25, 0.3) is 0 Å². The highest BCUT2D eigenvalue weighted by Gasteiger charge is 2.21. The molecule has 0 bridgehead atoms. The molecular weight excluding hydrogens is 276 g/mol. The van der Waals surface area contributed by atoms with Crippen molar-refractivity contribution in [2.75, 3.05) is 6.61 Å². The van der Waals surface area contributed by atoms with E-state index in [2.05, 4.69) is 4.72 Å². The molecule has 0 heterocycles. The van der Waals surface area contributed by atoms with Crippen LogP contribution in [0.1, 0.15) is 25.3 Å². The zero-order valence-electron chi connectivity index (χ0n) is 10.6. The Morgan fingerprint density at radius 2 is 1.89 bits per heavy atom. The number of aliphatic hydroxyl groups excluding tert-OH is 1. The quantitative estimate of drug-likeness (QED) is 0.801. The van der Waals surface area contributed by atoms with Gasteiger partial charge in [-0.25, -0.2) is 21.9 Å². The second-order valence-electron chi connectivity index (χ2n) is 4.19. The Labute approximate surface area is 111 Å². The van der Waals surface area contributed by atoms with Crippen molar-refractivity contribution in [2.24, 2.45) is 0 Å². The largest absolute Gasteiger partial charge is 0.396 e. The minimum absolute atomic E-state index is 0.158. The minimum atomic E-state index is -3.85. The van der Waals surface area contributed by atoms with Crippen LogP contribution in [-0.2, 0) is 15.8 Å². The number of rotatable bonds is 7. The fraction of sp³-hybridized carbons (Fsp3) is 0.500. The predicted octanol–water partition coefficient (Wildman–Crippen LogP) is 1.55. The highest BCUT2D eigenvalue weighted by molar-refractivity contribution is 7.88. The zero-order chi connectivity index (χ0) is 14.5. The molecule has 0 aromatic heterocycles. The summed E-state index contributed by atoms with van der Waals surface area (Å²) in [6.07, 6.45) is 0.745. The summed E-state index contributed by atoms with van der Waals surface area (Å²) in [6.45, 7) is 1.60. The fourth-order valence-electron chi connectivity index (χ4n) is 1.66. The molecule has 1 atom stereocenters. The van der Waals surface area contributed by atoms with Crippen LogP contribution in [0.2, 0.25) is 0 Å². The molecule has 1 aromatic carbocycles. The zero-order valence-corrected chi connectivity index (χ0v) is 11.4. The SMILES string of the molecule is CCC(CCO)NS(=O)(=O)Cc1c(F)cccc1F. The first-order valence-electron chi connectivity index (χ1n) is 5.93. The molecular formula is C12H17F2NO3S. The number of benzene rings is 1. The second-order valence-corrected chi connectivity index (χ2v) is 5.95. The predicted molar refractivity (Wildman–Crippen MR) is 67.9 cm³/mol. The summed E-state index contributed by atoms with van der Waals surface area (Å²) in [5.41, 5.74) is -0.478. The molecule has 1 aromatic rings. The molecule has 0 aliphatic rings. The van der Waals surface area contributed by atoms with Crippen molar-refractivity contribution in [3.05, 3.63) is 35.4 Å². The van der Waals surface area contributed by atoms with Crippen molar-refractivity contribution in [3.8, 4) is 0 Å². The Morgan fingerprint density at radius 3 is 2.37 bits per heavy atom. The first-order valence-corrected chi connectivity index (χ1v) is 7.58. The Kier molecular flexibility index (Phi) is 5.84. The first kappa shape index (κ1) is 16.0. The Morgan fingerprint density at radius 1 is 1.32 bits per heavy atom. The summed E-state index contributed by atoms with van der Waals surface area (Å²) in [4.78, 5) is 0. The highest BCUT2D eigenvalue weighted by atomic mass is 32.2. The van der Waals surface area contributed by atoms with E-state index in [1.807, 2.05) is 0 Å². The molecule has 2 N–H and O–H groups in total. The van der Waals surface area contributed by atoms with E-state index in [0.29, 0.717) is 6.42 Å². The van der Waals surface area contributed by atoms with Crippen molar-refractivity contribution < 1.29 is 22.3 Å². The maximum Gasteiger partial charge on any atom is 0.216 e. The van der Waals surface area contributed by atoms with Crippen LogP contribution in [0.5, 0.6) is 0 Å². The van der Waals surface area contributed by atoms with E-state index in [1.165, 1.54) is 6.07 Å². The number of hydrogen-bond donors (Lipinski definition) is 2. The molecule has 1 rings (SSSR count). The third kappa shape index (κ3) is 4.85. The molecule has 7 heteroatoms. The van der Waals surface area contributed by atoms with Crippen molar-refractivity contribution >= 4 is 10.0 Å². The molecule has 0 saturated heterocycles. The smallest absolute Gasteiger partial charge is 0.216 e. The van der Waals surface area contributed by atoms with Crippen LogP contribution in [0.3, 0.4) is 0 Å². The van der Waals surface area contributed by atoms with Crippen molar-refractivity contribution in [3.63, 3.8) is 0 Å². The van der Waals surface area contributed by atoms with Gasteiger partial charge in [-0.05, 0) is 25.0 Å². The molecule has 4 nitrogen and oxygen atoms in total. The minimum Gasteiger partial charge on any atom is -0.396 e. The molecule has 0 amide bonds. The van der Waals surface area contributed by atoms with Gasteiger partial charge in [-0.2, -0.15) is 0 Å². The Hall–Kier alpha value is -1.05. The van der Waals surface area contributed by atoms with Gasteiger partial charge in [-0.15, -0.1) is 0 Å². The van der Waals surface area contributed by atoms with Crippen LogP contribution in [-0.4, -0.2) is 26.2 Å². The standard InChI is InChI=1S/C12H17F2NO3S/c1-2-9(6-7-16)15-19(17,18)8-10-11(13)4-3-5-12(10)14/h3-5,9,15-16H,2,6-8H2,1H3. The third-order valence-electron chi connectivity index (χ3n) is 2.71. The number of hydrogen-bond acceptors (Lipinski definition) is 3. The van der Waals surface area contributed by atoms with Crippen molar-refractivity contribution in [1.29, 1.82) is 0 Å². The molecule has 0 radical (unpaired) electrons. The second kappa shape index (κ2) is 6.93. The van der Waals surface area contributed by atoms with Gasteiger partial charge in [0.1, 0.15) is 11.6 Å². The molecule has 1 unspecified atom stereocenters. The lowest BCUT2D eigenvalue weighted by atomic mass is 10.2. The number of nitrogens with one attached hydrogen (secondary N) is 1. The monoisotopic (exact) mass is 293 g/mol. The van der Waals surface area contributed by atoms with Gasteiger partial charge < -0.3 is 5.11 Å². The Bertz CT molecular complexity index is 499. The van der Waals surface area contributed by atoms with E-state index in [4.69, 9.17) is 5.11 Å². The van der Waals surface area contributed by atoms with Crippen molar-refractivity contribution in [1.82, 2.24) is 4.72 Å². The number of sulfonamides is 1. The molecule has 0 spiro atoms. The average Bonchev–Trinajstić information content (AvgIpc) is 2.33. The number of halogens is 2. The average molecular weight is 293 g/mol. The van der Waals surface area contributed by atoms with Gasteiger partial charge in [0.15, 0.2) is 0 Å². The van der Waals surface area contributed by atoms with Crippen LogP contribution in [0, 0.1) is 11.6 Å². The summed E-state index contributed by atoms with van der Waals surface area (Å²) in [6, 6.07) is 2.76. The van der Waals surface area contributed by atoms with E-state index in [1.54, 1.807) is 6.92 Å². The summed E-state index contributed by atoms with van der Waals surface area (Å²) in [5, 5.41) is 8.79. The van der Waals surface area contributed by atoms with Gasteiger partial charge in [-0.3, -0.25) is 0 Å².